The molecule has 0 bridgehead atoms. The SMILES string of the molecule is O=C1C(=Cc2ccc(O)c([N+](=O)[O-])c2)SC(=S)N1c1ccc(Cl)cc1. The van der Waals surface area contributed by atoms with Gasteiger partial charge in [0.25, 0.3) is 5.91 Å². The molecule has 6 nitrogen and oxygen atoms in total. The Bertz CT molecular complexity index is 928. The van der Waals surface area contributed by atoms with Crippen molar-refractivity contribution in [2.24, 2.45) is 0 Å². The number of hydrogen-bond acceptors (Lipinski definition) is 6. The average molecular weight is 393 g/mol. The molecule has 126 valence electrons. The molecule has 9 heteroatoms. The predicted octanol–water partition coefficient (Wildman–Crippen LogP) is 4.36. The first-order valence-electron chi connectivity index (χ1n) is 6.88. The number of anilines is 1. The third-order valence-corrected chi connectivity index (χ3v) is 4.93. The Morgan fingerprint density at radius 2 is 1.92 bits per heavy atom. The topological polar surface area (TPSA) is 83.7 Å². The minimum absolute atomic E-state index is 0.326. The number of phenols is 1. The number of benzene rings is 2. The molecule has 0 aromatic heterocycles. The number of halogens is 1. The van der Waals surface area contributed by atoms with Gasteiger partial charge in [-0.15, -0.1) is 0 Å². The van der Waals surface area contributed by atoms with E-state index in [0.29, 0.717) is 25.5 Å². The fourth-order valence-electron chi connectivity index (χ4n) is 2.21. The van der Waals surface area contributed by atoms with E-state index < -0.39 is 16.4 Å². The standard InChI is InChI=1S/C16H9ClN2O4S2/c17-10-2-4-11(5-3-10)18-15(21)14(25-16(18)24)8-9-1-6-13(20)12(7-9)19(22)23/h1-8,20H. The number of carbonyl (C=O) groups excluding carboxylic acids is 1. The lowest BCUT2D eigenvalue weighted by Gasteiger charge is -2.14. The third-order valence-electron chi connectivity index (χ3n) is 3.37. The summed E-state index contributed by atoms with van der Waals surface area (Å²) >= 11 is 12.2. The summed E-state index contributed by atoms with van der Waals surface area (Å²) in [6.07, 6.45) is 1.50. The smallest absolute Gasteiger partial charge is 0.311 e. The molecule has 0 radical (unpaired) electrons. The van der Waals surface area contributed by atoms with E-state index in [0.717, 1.165) is 11.8 Å². The van der Waals surface area contributed by atoms with Gasteiger partial charge in [-0.1, -0.05) is 41.6 Å². The number of aromatic hydroxyl groups is 1. The van der Waals surface area contributed by atoms with Gasteiger partial charge in [-0.3, -0.25) is 19.8 Å². The molecule has 1 N–H and O–H groups in total. The van der Waals surface area contributed by atoms with Gasteiger partial charge in [0.05, 0.1) is 15.5 Å². The molecular formula is C16H9ClN2O4S2. The maximum Gasteiger partial charge on any atom is 0.311 e. The van der Waals surface area contributed by atoms with Crippen molar-refractivity contribution in [3.63, 3.8) is 0 Å². The van der Waals surface area contributed by atoms with E-state index in [1.54, 1.807) is 24.3 Å². The molecule has 1 saturated heterocycles. The Kier molecular flexibility index (Phi) is 4.76. The highest BCUT2D eigenvalue weighted by molar-refractivity contribution is 8.27. The summed E-state index contributed by atoms with van der Waals surface area (Å²) in [5.41, 5.74) is 0.579. The van der Waals surface area contributed by atoms with Crippen LogP contribution in [-0.2, 0) is 4.79 Å². The number of thioether (sulfide) groups is 1. The molecule has 0 unspecified atom stereocenters. The van der Waals surface area contributed by atoms with Crippen molar-refractivity contribution in [3.8, 4) is 5.75 Å². The van der Waals surface area contributed by atoms with Gasteiger partial charge >= 0.3 is 5.69 Å². The lowest BCUT2D eigenvalue weighted by Crippen LogP contribution is -2.27. The molecular weight excluding hydrogens is 384 g/mol. The molecule has 25 heavy (non-hydrogen) atoms. The molecule has 2 aromatic rings. The summed E-state index contributed by atoms with van der Waals surface area (Å²) in [7, 11) is 0. The first-order chi connectivity index (χ1) is 11.9. The average Bonchev–Trinajstić information content (AvgIpc) is 2.84. The van der Waals surface area contributed by atoms with Crippen molar-refractivity contribution >= 4 is 63.3 Å². The van der Waals surface area contributed by atoms with Crippen LogP contribution in [0.3, 0.4) is 0 Å². The molecule has 0 saturated carbocycles. The molecule has 1 fully saturated rings. The second-order valence-electron chi connectivity index (χ2n) is 5.00. The van der Waals surface area contributed by atoms with Gasteiger partial charge in [-0.05, 0) is 42.0 Å². The lowest BCUT2D eigenvalue weighted by atomic mass is 10.1. The van der Waals surface area contributed by atoms with Crippen molar-refractivity contribution < 1.29 is 14.8 Å². The first kappa shape index (κ1) is 17.4. The molecule has 1 heterocycles. The highest BCUT2D eigenvalue weighted by Gasteiger charge is 2.33. The van der Waals surface area contributed by atoms with Gasteiger partial charge in [0.2, 0.25) is 0 Å². The Labute approximate surface area is 156 Å². The van der Waals surface area contributed by atoms with Gasteiger partial charge in [-0.25, -0.2) is 0 Å². The van der Waals surface area contributed by atoms with Crippen LogP contribution in [0.25, 0.3) is 6.08 Å². The van der Waals surface area contributed by atoms with Crippen LogP contribution in [0.1, 0.15) is 5.56 Å². The Balaban J connectivity index is 1.94. The number of nitro groups is 1. The fraction of sp³-hybridized carbons (Fsp3) is 0. The summed E-state index contributed by atoms with van der Waals surface area (Å²) in [5, 5.41) is 20.9. The zero-order valence-electron chi connectivity index (χ0n) is 12.4. The van der Waals surface area contributed by atoms with Crippen molar-refractivity contribution in [1.29, 1.82) is 0 Å². The largest absolute Gasteiger partial charge is 0.502 e. The van der Waals surface area contributed by atoms with Crippen molar-refractivity contribution in [2.75, 3.05) is 4.90 Å². The number of rotatable bonds is 3. The van der Waals surface area contributed by atoms with Crippen LogP contribution < -0.4 is 4.90 Å². The minimum atomic E-state index is -0.689. The van der Waals surface area contributed by atoms with Crippen molar-refractivity contribution in [1.82, 2.24) is 0 Å². The van der Waals surface area contributed by atoms with Crippen LogP contribution in [0.2, 0.25) is 5.02 Å². The van der Waals surface area contributed by atoms with Crippen LogP contribution in [0.4, 0.5) is 11.4 Å². The Morgan fingerprint density at radius 3 is 2.56 bits per heavy atom. The summed E-state index contributed by atoms with van der Waals surface area (Å²) in [6.45, 7) is 0. The molecule has 1 amide bonds. The van der Waals surface area contributed by atoms with Crippen molar-refractivity contribution in [3.05, 3.63) is 68.1 Å². The minimum Gasteiger partial charge on any atom is -0.502 e. The lowest BCUT2D eigenvalue weighted by molar-refractivity contribution is -0.385. The molecule has 0 atom stereocenters. The number of thiocarbonyl (C=S) groups is 1. The van der Waals surface area contributed by atoms with Crippen LogP contribution >= 0.6 is 35.6 Å². The second kappa shape index (κ2) is 6.83. The molecule has 2 aromatic carbocycles. The number of amides is 1. The van der Waals surface area contributed by atoms with Crippen LogP contribution in [-0.4, -0.2) is 20.3 Å². The van der Waals surface area contributed by atoms with E-state index in [1.165, 1.54) is 29.2 Å². The number of nitro benzene ring substituents is 1. The zero-order valence-corrected chi connectivity index (χ0v) is 14.8. The maximum atomic E-state index is 12.6. The number of hydrogen-bond donors (Lipinski definition) is 1. The fourth-order valence-corrected chi connectivity index (χ4v) is 3.63. The number of carbonyl (C=O) groups is 1. The summed E-state index contributed by atoms with van der Waals surface area (Å²) in [4.78, 5) is 24.5. The predicted molar refractivity (Wildman–Crippen MR) is 102 cm³/mol. The van der Waals surface area contributed by atoms with Gasteiger partial charge in [0, 0.05) is 11.1 Å². The van der Waals surface area contributed by atoms with Crippen molar-refractivity contribution in [2.45, 2.75) is 0 Å². The molecule has 1 aliphatic heterocycles. The van der Waals surface area contributed by atoms with Gasteiger partial charge < -0.3 is 5.11 Å². The van der Waals surface area contributed by atoms with E-state index in [2.05, 4.69) is 0 Å². The van der Waals surface area contributed by atoms with E-state index >= 15 is 0 Å². The number of phenolic OH excluding ortho intramolecular Hbond substituents is 1. The molecule has 3 rings (SSSR count). The molecule has 0 aliphatic carbocycles. The summed E-state index contributed by atoms with van der Waals surface area (Å²) in [5.74, 6) is -0.760. The quantitative estimate of drug-likeness (QED) is 0.361. The molecule has 0 spiro atoms. The van der Waals surface area contributed by atoms with E-state index in [1.807, 2.05) is 0 Å². The Hall–Kier alpha value is -2.42. The highest BCUT2D eigenvalue weighted by atomic mass is 35.5. The van der Waals surface area contributed by atoms with Crippen LogP contribution in [0, 0.1) is 10.1 Å². The zero-order chi connectivity index (χ0) is 18.1. The van der Waals surface area contributed by atoms with E-state index in [9.17, 15) is 20.0 Å². The summed E-state index contributed by atoms with van der Waals surface area (Å²) < 4.78 is 0.354. The van der Waals surface area contributed by atoms with Gasteiger partial charge in [0.1, 0.15) is 0 Å². The van der Waals surface area contributed by atoms with Gasteiger partial charge in [0.15, 0.2) is 10.1 Å². The van der Waals surface area contributed by atoms with E-state index in [-0.39, 0.29) is 5.91 Å². The second-order valence-corrected chi connectivity index (χ2v) is 7.11. The van der Waals surface area contributed by atoms with Crippen LogP contribution in [0.5, 0.6) is 5.75 Å². The van der Waals surface area contributed by atoms with Crippen LogP contribution in [0.15, 0.2) is 47.4 Å². The summed E-state index contributed by atoms with van der Waals surface area (Å²) in [6, 6.07) is 10.6. The molecule has 1 aliphatic rings. The number of nitrogens with zero attached hydrogens (tertiary/aromatic N) is 2. The first-order valence-corrected chi connectivity index (χ1v) is 8.48. The van der Waals surface area contributed by atoms with Gasteiger partial charge in [-0.2, -0.15) is 0 Å². The highest BCUT2D eigenvalue weighted by Crippen LogP contribution is 2.37. The third kappa shape index (κ3) is 3.51. The Morgan fingerprint density at radius 1 is 1.24 bits per heavy atom. The maximum absolute atomic E-state index is 12.6. The monoisotopic (exact) mass is 392 g/mol. The van der Waals surface area contributed by atoms with E-state index in [4.69, 9.17) is 23.8 Å². The normalized spacial score (nSPS) is 15.9.